The molecule has 1 unspecified atom stereocenters. The smallest absolute Gasteiger partial charge is 0.410 e. The maximum Gasteiger partial charge on any atom is 0.410 e. The number of nitrogens with two attached hydrogens (primary N) is 1. The van der Waals surface area contributed by atoms with Crippen LogP contribution in [0.3, 0.4) is 0 Å². The van der Waals surface area contributed by atoms with Crippen molar-refractivity contribution in [3.63, 3.8) is 0 Å². The zero-order valence-electron chi connectivity index (χ0n) is 14.0. The third-order valence-electron chi connectivity index (χ3n) is 3.71. The van der Waals surface area contributed by atoms with Crippen molar-refractivity contribution < 1.29 is 14.3 Å². The van der Waals surface area contributed by atoms with Gasteiger partial charge in [-0.05, 0) is 33.1 Å². The predicted octanol–water partition coefficient (Wildman–Crippen LogP) is 1.44. The molecule has 0 aromatic carbocycles. The van der Waals surface area contributed by atoms with E-state index < -0.39 is 11.6 Å². The number of ether oxygens (including phenoxy) is 1. The van der Waals surface area contributed by atoms with Gasteiger partial charge < -0.3 is 20.3 Å². The van der Waals surface area contributed by atoms with Crippen LogP contribution in [0.2, 0.25) is 0 Å². The molecule has 1 rings (SSSR count). The minimum absolute atomic E-state index is 0.0110. The van der Waals surface area contributed by atoms with Gasteiger partial charge in [0.15, 0.2) is 0 Å². The highest BCUT2D eigenvalue weighted by atomic mass is 16.6. The molecule has 0 aromatic heterocycles. The normalized spacial score (nSPS) is 20.6. The fourth-order valence-corrected chi connectivity index (χ4v) is 2.24. The van der Waals surface area contributed by atoms with Gasteiger partial charge in [0, 0.05) is 20.1 Å². The summed E-state index contributed by atoms with van der Waals surface area (Å²) in [6.07, 6.45) is 0.404. The summed E-state index contributed by atoms with van der Waals surface area (Å²) in [6, 6.07) is -0.487. The van der Waals surface area contributed by atoms with Gasteiger partial charge >= 0.3 is 6.09 Å². The number of hydrogen-bond donors (Lipinski definition) is 1. The van der Waals surface area contributed by atoms with Gasteiger partial charge in [-0.25, -0.2) is 4.79 Å². The molecule has 21 heavy (non-hydrogen) atoms. The standard InChI is InChI=1S/C15H29N3O3/c1-10(2)12(16)13(19)18-8-7-11(9-18)17(6)14(20)21-15(3,4)5/h10-12H,7-9,16H2,1-6H3/t11?,12-/m0/s1. The Kier molecular flexibility index (Phi) is 5.61. The van der Waals surface area contributed by atoms with E-state index in [1.54, 1.807) is 16.8 Å². The van der Waals surface area contributed by atoms with Crippen LogP contribution in [0.25, 0.3) is 0 Å². The molecule has 1 saturated heterocycles. The Balaban J connectivity index is 2.58. The number of hydrogen-bond acceptors (Lipinski definition) is 4. The first-order valence-corrected chi connectivity index (χ1v) is 7.53. The lowest BCUT2D eigenvalue weighted by atomic mass is 10.0. The van der Waals surface area contributed by atoms with Crippen LogP contribution in [0, 0.1) is 5.92 Å². The fraction of sp³-hybridized carbons (Fsp3) is 0.867. The quantitative estimate of drug-likeness (QED) is 0.855. The molecule has 2 N–H and O–H groups in total. The van der Waals surface area contributed by atoms with E-state index >= 15 is 0 Å². The van der Waals surface area contributed by atoms with Crippen molar-refractivity contribution in [3.8, 4) is 0 Å². The first kappa shape index (κ1) is 17.8. The topological polar surface area (TPSA) is 75.9 Å². The van der Waals surface area contributed by atoms with E-state index in [4.69, 9.17) is 10.5 Å². The van der Waals surface area contributed by atoms with Gasteiger partial charge in [-0.3, -0.25) is 4.79 Å². The Morgan fingerprint density at radius 2 is 1.90 bits per heavy atom. The Labute approximate surface area is 127 Å². The third kappa shape index (κ3) is 4.88. The molecule has 1 fully saturated rings. The van der Waals surface area contributed by atoms with Crippen LogP contribution < -0.4 is 5.73 Å². The van der Waals surface area contributed by atoms with Crippen LogP contribution in [-0.2, 0) is 9.53 Å². The average Bonchev–Trinajstić information content (AvgIpc) is 2.83. The van der Waals surface area contributed by atoms with Gasteiger partial charge in [0.2, 0.25) is 5.91 Å². The molecular weight excluding hydrogens is 270 g/mol. The van der Waals surface area contributed by atoms with Crippen molar-refractivity contribution in [2.45, 2.75) is 58.7 Å². The largest absolute Gasteiger partial charge is 0.444 e. The lowest BCUT2D eigenvalue weighted by Crippen LogP contribution is -2.47. The highest BCUT2D eigenvalue weighted by Crippen LogP contribution is 2.19. The molecule has 1 aliphatic rings. The Morgan fingerprint density at radius 1 is 1.33 bits per heavy atom. The molecule has 1 aliphatic heterocycles. The Hall–Kier alpha value is -1.30. The van der Waals surface area contributed by atoms with E-state index in [1.807, 2.05) is 34.6 Å². The second-order valence-electron chi connectivity index (χ2n) is 7.09. The first-order valence-electron chi connectivity index (χ1n) is 7.53. The summed E-state index contributed by atoms with van der Waals surface area (Å²) < 4.78 is 5.35. The molecule has 0 bridgehead atoms. The van der Waals surface area contributed by atoms with Gasteiger partial charge in [0.1, 0.15) is 5.60 Å². The number of likely N-dealkylation sites (N-methyl/N-ethyl adjacent to an activating group) is 1. The van der Waals surface area contributed by atoms with Crippen LogP contribution in [0.5, 0.6) is 0 Å². The van der Waals surface area contributed by atoms with E-state index in [0.29, 0.717) is 13.1 Å². The van der Waals surface area contributed by atoms with Crippen molar-refractivity contribution in [2.75, 3.05) is 20.1 Å². The zero-order chi connectivity index (χ0) is 16.4. The van der Waals surface area contributed by atoms with E-state index in [9.17, 15) is 9.59 Å². The summed E-state index contributed by atoms with van der Waals surface area (Å²) in [7, 11) is 1.72. The minimum Gasteiger partial charge on any atom is -0.444 e. The van der Waals surface area contributed by atoms with Crippen molar-refractivity contribution in [3.05, 3.63) is 0 Å². The van der Waals surface area contributed by atoms with Crippen molar-refractivity contribution in [1.29, 1.82) is 0 Å². The molecular formula is C15H29N3O3. The average molecular weight is 299 g/mol. The van der Waals surface area contributed by atoms with Gasteiger partial charge in [-0.1, -0.05) is 13.8 Å². The zero-order valence-corrected chi connectivity index (χ0v) is 14.0. The number of carbonyl (C=O) groups is 2. The van der Waals surface area contributed by atoms with Crippen LogP contribution in [0.1, 0.15) is 41.0 Å². The molecule has 0 saturated carbocycles. The molecule has 1 heterocycles. The predicted molar refractivity (Wildman–Crippen MR) is 81.8 cm³/mol. The highest BCUT2D eigenvalue weighted by molar-refractivity contribution is 5.82. The summed E-state index contributed by atoms with van der Waals surface area (Å²) in [5, 5.41) is 0. The van der Waals surface area contributed by atoms with E-state index in [-0.39, 0.29) is 24.0 Å². The number of carbonyl (C=O) groups excluding carboxylic acids is 2. The third-order valence-corrected chi connectivity index (χ3v) is 3.71. The molecule has 0 spiro atoms. The van der Waals surface area contributed by atoms with Gasteiger partial charge in [0.05, 0.1) is 12.1 Å². The molecule has 6 nitrogen and oxygen atoms in total. The van der Waals surface area contributed by atoms with Crippen LogP contribution in [0.4, 0.5) is 4.79 Å². The molecule has 2 amide bonds. The van der Waals surface area contributed by atoms with Gasteiger partial charge in [-0.15, -0.1) is 0 Å². The SMILES string of the molecule is CC(C)[C@H](N)C(=O)N1CCC(N(C)C(=O)OC(C)(C)C)C1. The van der Waals surface area contributed by atoms with Gasteiger partial charge in [0.25, 0.3) is 0 Å². The van der Waals surface area contributed by atoms with Crippen molar-refractivity contribution in [2.24, 2.45) is 11.7 Å². The highest BCUT2D eigenvalue weighted by Gasteiger charge is 2.34. The second-order valence-corrected chi connectivity index (χ2v) is 7.09. The first-order chi connectivity index (χ1) is 9.53. The van der Waals surface area contributed by atoms with E-state index in [2.05, 4.69) is 0 Å². The Bertz CT molecular complexity index is 390. The van der Waals surface area contributed by atoms with Gasteiger partial charge in [-0.2, -0.15) is 0 Å². The van der Waals surface area contributed by atoms with Crippen LogP contribution in [-0.4, -0.2) is 59.6 Å². The number of likely N-dealkylation sites (tertiary alicyclic amines) is 1. The lowest BCUT2D eigenvalue weighted by molar-refractivity contribution is -0.132. The lowest BCUT2D eigenvalue weighted by Gasteiger charge is -2.29. The maximum atomic E-state index is 12.2. The van der Waals surface area contributed by atoms with Crippen molar-refractivity contribution in [1.82, 2.24) is 9.80 Å². The molecule has 0 radical (unpaired) electrons. The van der Waals surface area contributed by atoms with E-state index in [1.165, 1.54) is 0 Å². The summed E-state index contributed by atoms with van der Waals surface area (Å²) in [5.74, 6) is 0.0743. The summed E-state index contributed by atoms with van der Waals surface area (Å²) >= 11 is 0. The number of rotatable bonds is 3. The molecule has 2 atom stereocenters. The Morgan fingerprint density at radius 3 is 2.38 bits per heavy atom. The molecule has 122 valence electrons. The van der Waals surface area contributed by atoms with E-state index in [0.717, 1.165) is 6.42 Å². The summed E-state index contributed by atoms with van der Waals surface area (Å²) in [5.41, 5.74) is 5.39. The number of nitrogens with zero attached hydrogens (tertiary/aromatic N) is 2. The summed E-state index contributed by atoms with van der Waals surface area (Å²) in [6.45, 7) is 10.5. The monoisotopic (exact) mass is 299 g/mol. The molecule has 0 aromatic rings. The van der Waals surface area contributed by atoms with Crippen molar-refractivity contribution >= 4 is 12.0 Å². The number of amides is 2. The molecule has 6 heteroatoms. The second kappa shape index (κ2) is 6.64. The molecule has 0 aliphatic carbocycles. The minimum atomic E-state index is -0.514. The maximum absolute atomic E-state index is 12.2. The van der Waals surface area contributed by atoms with Crippen LogP contribution in [0.15, 0.2) is 0 Å². The fourth-order valence-electron chi connectivity index (χ4n) is 2.24. The van der Waals surface area contributed by atoms with Crippen LogP contribution >= 0.6 is 0 Å². The summed E-state index contributed by atoms with van der Waals surface area (Å²) in [4.78, 5) is 27.6.